The van der Waals surface area contributed by atoms with Crippen molar-refractivity contribution in [2.24, 2.45) is 0 Å². The van der Waals surface area contributed by atoms with E-state index in [0.717, 1.165) is 10.6 Å². The lowest BCUT2D eigenvalue weighted by Gasteiger charge is -2.19. The smallest absolute Gasteiger partial charge is 0.305 e. The molecule has 0 aliphatic carbocycles. The van der Waals surface area contributed by atoms with Crippen LogP contribution >= 0.6 is 0 Å². The number of sulfonamides is 1. The van der Waals surface area contributed by atoms with Gasteiger partial charge in [-0.3, -0.25) is 13.9 Å². The van der Waals surface area contributed by atoms with E-state index >= 15 is 0 Å². The third kappa shape index (κ3) is 5.06. The van der Waals surface area contributed by atoms with Gasteiger partial charge in [-0.15, -0.1) is 0 Å². The minimum Gasteiger partial charge on any atom is -0.481 e. The van der Waals surface area contributed by atoms with Crippen molar-refractivity contribution in [3.63, 3.8) is 0 Å². The second-order valence-corrected chi connectivity index (χ2v) is 7.83. The zero-order valence-corrected chi connectivity index (χ0v) is 15.2. The van der Waals surface area contributed by atoms with Crippen LogP contribution < -0.4 is 9.62 Å². The normalized spacial score (nSPS) is 12.2. The van der Waals surface area contributed by atoms with Crippen LogP contribution in [0, 0.1) is 0 Å². The highest BCUT2D eigenvalue weighted by molar-refractivity contribution is 7.92. The lowest BCUT2D eigenvalue weighted by Crippen LogP contribution is -2.30. The van der Waals surface area contributed by atoms with Crippen molar-refractivity contribution in [3.8, 4) is 0 Å². The third-order valence-corrected chi connectivity index (χ3v) is 5.08. The third-order valence-electron chi connectivity index (χ3n) is 3.88. The van der Waals surface area contributed by atoms with E-state index in [1.54, 1.807) is 30.3 Å². The van der Waals surface area contributed by atoms with E-state index in [1.165, 1.54) is 31.3 Å². The lowest BCUT2D eigenvalue weighted by atomic mass is 10.0. The van der Waals surface area contributed by atoms with Crippen molar-refractivity contribution < 1.29 is 23.1 Å². The van der Waals surface area contributed by atoms with Gasteiger partial charge in [0, 0.05) is 12.6 Å². The van der Waals surface area contributed by atoms with Gasteiger partial charge >= 0.3 is 5.97 Å². The summed E-state index contributed by atoms with van der Waals surface area (Å²) in [4.78, 5) is 23.6. The monoisotopic (exact) mass is 376 g/mol. The van der Waals surface area contributed by atoms with E-state index in [1.807, 2.05) is 0 Å². The fraction of sp³-hybridized carbons (Fsp3) is 0.222. The molecule has 0 aliphatic rings. The van der Waals surface area contributed by atoms with Gasteiger partial charge in [-0.05, 0) is 29.8 Å². The van der Waals surface area contributed by atoms with Gasteiger partial charge in [-0.2, -0.15) is 0 Å². The molecule has 0 spiro atoms. The Bertz CT molecular complexity index is 880. The Morgan fingerprint density at radius 1 is 1.08 bits per heavy atom. The van der Waals surface area contributed by atoms with Crippen LogP contribution in [0.5, 0.6) is 0 Å². The van der Waals surface area contributed by atoms with Gasteiger partial charge in [0.25, 0.3) is 5.91 Å². The molecule has 1 amide bonds. The molecule has 0 heterocycles. The predicted octanol–water partition coefficient (Wildman–Crippen LogP) is 2.03. The van der Waals surface area contributed by atoms with Crippen molar-refractivity contribution in [2.75, 3.05) is 17.6 Å². The van der Waals surface area contributed by atoms with Gasteiger partial charge in [-0.1, -0.05) is 30.3 Å². The van der Waals surface area contributed by atoms with Crippen LogP contribution in [0.4, 0.5) is 5.69 Å². The number of aliphatic carboxylic acids is 1. The molecular weight excluding hydrogens is 356 g/mol. The van der Waals surface area contributed by atoms with E-state index in [4.69, 9.17) is 5.11 Å². The Labute approximate surface area is 152 Å². The van der Waals surface area contributed by atoms with E-state index in [2.05, 4.69) is 5.32 Å². The average Bonchev–Trinajstić information content (AvgIpc) is 2.60. The number of carbonyl (C=O) groups is 2. The Morgan fingerprint density at radius 3 is 2.15 bits per heavy atom. The maximum atomic E-state index is 12.5. The summed E-state index contributed by atoms with van der Waals surface area (Å²) in [5, 5.41) is 11.8. The molecule has 2 aromatic carbocycles. The summed E-state index contributed by atoms with van der Waals surface area (Å²) in [5.74, 6) is -1.46. The molecule has 2 N–H and O–H groups in total. The molecule has 138 valence electrons. The molecule has 0 aliphatic heterocycles. The second kappa shape index (κ2) is 8.01. The van der Waals surface area contributed by atoms with Crippen molar-refractivity contribution in [1.82, 2.24) is 5.32 Å². The fourth-order valence-electron chi connectivity index (χ4n) is 2.37. The molecule has 1 atom stereocenters. The maximum absolute atomic E-state index is 12.5. The Balaban J connectivity index is 2.18. The predicted molar refractivity (Wildman–Crippen MR) is 98.6 cm³/mol. The Hall–Kier alpha value is -2.87. The van der Waals surface area contributed by atoms with Crippen molar-refractivity contribution in [2.45, 2.75) is 12.5 Å². The van der Waals surface area contributed by atoms with Gasteiger partial charge < -0.3 is 10.4 Å². The maximum Gasteiger partial charge on any atom is 0.305 e. The highest BCUT2D eigenvalue weighted by atomic mass is 32.2. The van der Waals surface area contributed by atoms with E-state index in [-0.39, 0.29) is 6.42 Å². The summed E-state index contributed by atoms with van der Waals surface area (Å²) >= 11 is 0. The lowest BCUT2D eigenvalue weighted by molar-refractivity contribution is -0.137. The van der Waals surface area contributed by atoms with Crippen LogP contribution in [-0.2, 0) is 14.8 Å². The Morgan fingerprint density at radius 2 is 1.65 bits per heavy atom. The van der Waals surface area contributed by atoms with Crippen LogP contribution in [0.25, 0.3) is 0 Å². The van der Waals surface area contributed by atoms with Crippen LogP contribution in [0.15, 0.2) is 54.6 Å². The highest BCUT2D eigenvalue weighted by Gasteiger charge is 2.19. The first-order valence-electron chi connectivity index (χ1n) is 7.80. The summed E-state index contributed by atoms with van der Waals surface area (Å²) < 4.78 is 24.2. The number of nitrogens with zero attached hydrogens (tertiary/aromatic N) is 1. The summed E-state index contributed by atoms with van der Waals surface area (Å²) in [5.41, 5.74) is 1.42. The van der Waals surface area contributed by atoms with E-state index in [0.29, 0.717) is 16.8 Å². The molecule has 7 nitrogen and oxygen atoms in total. The van der Waals surface area contributed by atoms with Crippen molar-refractivity contribution in [1.29, 1.82) is 0 Å². The van der Waals surface area contributed by atoms with Gasteiger partial charge in [0.05, 0.1) is 24.4 Å². The number of hydrogen-bond donors (Lipinski definition) is 2. The number of amides is 1. The zero-order chi connectivity index (χ0) is 19.3. The molecule has 0 bridgehead atoms. The van der Waals surface area contributed by atoms with Gasteiger partial charge in [0.15, 0.2) is 0 Å². The van der Waals surface area contributed by atoms with Crippen LogP contribution in [0.3, 0.4) is 0 Å². The summed E-state index contributed by atoms with van der Waals surface area (Å²) in [6.07, 6.45) is 0.842. The summed E-state index contributed by atoms with van der Waals surface area (Å²) in [7, 11) is -1.97. The minimum atomic E-state index is -3.39. The topological polar surface area (TPSA) is 104 Å². The standard InChI is InChI=1S/C18H20N2O5S/c1-20(26(2,24)25)15-10-8-14(9-11-15)18(23)19-16(12-17(21)22)13-6-4-3-5-7-13/h3-11,16H,12H2,1-2H3,(H,19,23)(H,21,22)/t16-/m1/s1. The molecular formula is C18H20N2O5S. The molecule has 26 heavy (non-hydrogen) atoms. The van der Waals surface area contributed by atoms with Gasteiger partial charge in [-0.25, -0.2) is 8.42 Å². The molecule has 0 aromatic heterocycles. The first-order chi connectivity index (χ1) is 12.2. The fourth-order valence-corrected chi connectivity index (χ4v) is 2.87. The number of hydrogen-bond acceptors (Lipinski definition) is 4. The van der Waals surface area contributed by atoms with Crippen LogP contribution in [-0.4, -0.2) is 38.7 Å². The van der Waals surface area contributed by atoms with Gasteiger partial charge in [0.1, 0.15) is 0 Å². The Kier molecular flexibility index (Phi) is 5.99. The molecule has 8 heteroatoms. The van der Waals surface area contributed by atoms with Gasteiger partial charge in [0.2, 0.25) is 10.0 Å². The molecule has 2 aromatic rings. The van der Waals surface area contributed by atoms with E-state index in [9.17, 15) is 18.0 Å². The van der Waals surface area contributed by atoms with Crippen molar-refractivity contribution >= 4 is 27.6 Å². The zero-order valence-electron chi connectivity index (χ0n) is 14.4. The number of anilines is 1. The second-order valence-electron chi connectivity index (χ2n) is 5.81. The van der Waals surface area contributed by atoms with Crippen LogP contribution in [0.2, 0.25) is 0 Å². The average molecular weight is 376 g/mol. The number of carbonyl (C=O) groups excluding carboxylic acids is 1. The molecule has 0 saturated heterocycles. The van der Waals surface area contributed by atoms with Crippen LogP contribution in [0.1, 0.15) is 28.4 Å². The molecule has 0 saturated carbocycles. The quantitative estimate of drug-likeness (QED) is 0.769. The number of nitrogens with one attached hydrogen (secondary N) is 1. The molecule has 0 radical (unpaired) electrons. The largest absolute Gasteiger partial charge is 0.481 e. The SMILES string of the molecule is CN(c1ccc(C(=O)N[C@H](CC(=O)O)c2ccccc2)cc1)S(C)(=O)=O. The number of carboxylic acids is 1. The minimum absolute atomic E-state index is 0.245. The molecule has 0 unspecified atom stereocenters. The van der Waals surface area contributed by atoms with Crippen molar-refractivity contribution in [3.05, 3.63) is 65.7 Å². The number of carboxylic acid groups (broad SMARTS) is 1. The highest BCUT2D eigenvalue weighted by Crippen LogP contribution is 2.19. The first kappa shape index (κ1) is 19.5. The number of benzene rings is 2. The summed E-state index contributed by atoms with van der Waals surface area (Å²) in [6.45, 7) is 0. The molecule has 0 fully saturated rings. The van der Waals surface area contributed by atoms with E-state index < -0.39 is 27.9 Å². The number of rotatable bonds is 7. The first-order valence-corrected chi connectivity index (χ1v) is 9.65. The summed E-state index contributed by atoms with van der Waals surface area (Å²) in [6, 6.07) is 14.2. The molecule has 2 rings (SSSR count).